The van der Waals surface area contributed by atoms with Crippen LogP contribution in [0.2, 0.25) is 5.02 Å². The van der Waals surface area contributed by atoms with Crippen molar-refractivity contribution in [1.82, 2.24) is 24.1 Å². The summed E-state index contributed by atoms with van der Waals surface area (Å²) >= 11 is 6.21. The molecule has 0 fully saturated rings. The van der Waals surface area contributed by atoms with Crippen LogP contribution in [0.25, 0.3) is 27.7 Å². The average Bonchev–Trinajstić information content (AvgIpc) is 3.24. The van der Waals surface area contributed by atoms with Crippen LogP contribution in [-0.2, 0) is 24.5 Å². The van der Waals surface area contributed by atoms with Crippen molar-refractivity contribution in [3.05, 3.63) is 122 Å². The molecule has 0 aliphatic carbocycles. The van der Waals surface area contributed by atoms with E-state index in [2.05, 4.69) is 16.8 Å². The van der Waals surface area contributed by atoms with Crippen molar-refractivity contribution in [3.8, 4) is 11.4 Å². The first-order valence-corrected chi connectivity index (χ1v) is 12.8. The van der Waals surface area contributed by atoms with Crippen LogP contribution in [0.4, 0.5) is 8.78 Å². The van der Waals surface area contributed by atoms with Crippen molar-refractivity contribution in [2.75, 3.05) is 0 Å². The molecule has 0 aliphatic heterocycles. The summed E-state index contributed by atoms with van der Waals surface area (Å²) in [6.07, 6.45) is 0. The molecule has 0 saturated carbocycles. The molecule has 0 radical (unpaired) electrons. The minimum atomic E-state index is -0.831. The minimum absolute atomic E-state index is 0.00844. The summed E-state index contributed by atoms with van der Waals surface area (Å²) in [6.45, 7) is 7.94. The SMILES string of the molecule is C=C(C)c1nn(-c2c(F)cccc2Cl)c(=O)c2cc(F)cc(-n3nc(COCc4ccccc4)n(CC)c3=O)c12. The lowest BCUT2D eigenvalue weighted by Gasteiger charge is -2.15. The Labute approximate surface area is 232 Å². The standard InChI is InChI=1S/C29H24ClF2N5O3/c1-4-35-24(16-40-15-18-9-6-5-7-10-18)33-36(29(35)39)23-14-19(31)13-20-25(23)26(17(2)3)34-37(28(20)38)27-21(30)11-8-12-22(27)32/h5-14H,2,4,15-16H2,1,3H3. The number of aromatic nitrogens is 5. The largest absolute Gasteiger partial charge is 0.369 e. The quantitative estimate of drug-likeness (QED) is 0.251. The summed E-state index contributed by atoms with van der Waals surface area (Å²) in [5.41, 5.74) is -0.200. The van der Waals surface area contributed by atoms with Crippen LogP contribution in [0, 0.1) is 11.6 Å². The fraction of sp³-hybridized carbons (Fsp3) is 0.172. The van der Waals surface area contributed by atoms with Gasteiger partial charge in [-0.2, -0.15) is 14.5 Å². The first-order valence-electron chi connectivity index (χ1n) is 12.4. The predicted octanol–water partition coefficient (Wildman–Crippen LogP) is 5.43. The van der Waals surface area contributed by atoms with E-state index in [1.54, 1.807) is 13.8 Å². The molecule has 0 unspecified atom stereocenters. The van der Waals surface area contributed by atoms with Crippen molar-refractivity contribution < 1.29 is 13.5 Å². The molecule has 11 heteroatoms. The highest BCUT2D eigenvalue weighted by atomic mass is 35.5. The number of para-hydroxylation sites is 1. The van der Waals surface area contributed by atoms with Gasteiger partial charge in [-0.3, -0.25) is 9.36 Å². The molecule has 0 bridgehead atoms. The molecule has 2 aromatic heterocycles. The maximum absolute atomic E-state index is 15.0. The molecule has 0 saturated heterocycles. The van der Waals surface area contributed by atoms with Crippen molar-refractivity contribution in [2.24, 2.45) is 0 Å². The van der Waals surface area contributed by atoms with E-state index in [-0.39, 0.29) is 46.0 Å². The van der Waals surface area contributed by atoms with Gasteiger partial charge in [0.05, 0.1) is 28.4 Å². The highest BCUT2D eigenvalue weighted by Crippen LogP contribution is 2.29. The molecule has 0 amide bonds. The first kappa shape index (κ1) is 27.2. The lowest BCUT2D eigenvalue weighted by atomic mass is 10.0. The Balaban J connectivity index is 1.70. The Hall–Kier alpha value is -4.41. The molecule has 40 heavy (non-hydrogen) atoms. The Morgan fingerprint density at radius 2 is 1.75 bits per heavy atom. The normalized spacial score (nSPS) is 11.3. The topological polar surface area (TPSA) is 83.9 Å². The van der Waals surface area contributed by atoms with Gasteiger partial charge in [0.1, 0.15) is 18.1 Å². The fourth-order valence-corrected chi connectivity index (χ4v) is 4.72. The summed E-state index contributed by atoms with van der Waals surface area (Å²) in [5.74, 6) is -1.27. The van der Waals surface area contributed by atoms with Crippen LogP contribution in [0.1, 0.15) is 30.9 Å². The summed E-state index contributed by atoms with van der Waals surface area (Å²) < 4.78 is 38.8. The number of ether oxygens (including phenoxy) is 1. The number of halogens is 3. The molecule has 0 N–H and O–H groups in total. The van der Waals surface area contributed by atoms with Gasteiger partial charge in [0, 0.05) is 18.0 Å². The lowest BCUT2D eigenvalue weighted by molar-refractivity contribution is 0.0989. The number of nitrogens with zero attached hydrogens (tertiary/aromatic N) is 5. The predicted molar refractivity (Wildman–Crippen MR) is 149 cm³/mol. The second kappa shape index (κ2) is 11.0. The summed E-state index contributed by atoms with van der Waals surface area (Å²) in [4.78, 5) is 27.0. The van der Waals surface area contributed by atoms with Gasteiger partial charge in [0.2, 0.25) is 0 Å². The number of hydrogen-bond donors (Lipinski definition) is 0. The van der Waals surface area contributed by atoms with Crippen LogP contribution in [0.5, 0.6) is 0 Å². The Morgan fingerprint density at radius 1 is 1.00 bits per heavy atom. The van der Waals surface area contributed by atoms with E-state index in [1.807, 2.05) is 30.3 Å². The first-order chi connectivity index (χ1) is 19.2. The molecule has 204 valence electrons. The van der Waals surface area contributed by atoms with Gasteiger partial charge in [-0.1, -0.05) is 54.6 Å². The molecule has 5 aromatic rings. The van der Waals surface area contributed by atoms with Crippen molar-refractivity contribution in [2.45, 2.75) is 33.6 Å². The molecular formula is C29H24ClF2N5O3. The van der Waals surface area contributed by atoms with Gasteiger partial charge in [-0.25, -0.2) is 13.6 Å². The van der Waals surface area contributed by atoms with E-state index in [4.69, 9.17) is 16.3 Å². The van der Waals surface area contributed by atoms with Crippen LogP contribution < -0.4 is 11.2 Å². The smallest absolute Gasteiger partial charge is 0.350 e. The highest BCUT2D eigenvalue weighted by molar-refractivity contribution is 6.32. The zero-order valence-electron chi connectivity index (χ0n) is 21.7. The van der Waals surface area contributed by atoms with Crippen LogP contribution >= 0.6 is 11.6 Å². The maximum atomic E-state index is 15.0. The van der Waals surface area contributed by atoms with E-state index in [9.17, 15) is 14.0 Å². The van der Waals surface area contributed by atoms with E-state index in [0.29, 0.717) is 18.0 Å². The Bertz CT molecular complexity index is 1860. The monoisotopic (exact) mass is 563 g/mol. The van der Waals surface area contributed by atoms with Gasteiger partial charge < -0.3 is 4.74 Å². The lowest BCUT2D eigenvalue weighted by Crippen LogP contribution is -2.27. The van der Waals surface area contributed by atoms with Crippen molar-refractivity contribution in [1.29, 1.82) is 0 Å². The van der Waals surface area contributed by atoms with Crippen molar-refractivity contribution in [3.63, 3.8) is 0 Å². The number of fused-ring (bicyclic) bond motifs is 1. The third-order valence-corrected chi connectivity index (χ3v) is 6.63. The molecule has 3 aromatic carbocycles. The van der Waals surface area contributed by atoms with Crippen LogP contribution in [-0.4, -0.2) is 24.1 Å². The fourth-order valence-electron chi connectivity index (χ4n) is 4.48. The third kappa shape index (κ3) is 4.87. The summed E-state index contributed by atoms with van der Waals surface area (Å²) in [7, 11) is 0. The number of hydrogen-bond acceptors (Lipinski definition) is 5. The molecule has 2 heterocycles. The van der Waals surface area contributed by atoms with Gasteiger partial charge >= 0.3 is 5.69 Å². The molecule has 0 aliphatic rings. The van der Waals surface area contributed by atoms with E-state index >= 15 is 4.39 Å². The second-order valence-corrected chi connectivity index (χ2v) is 9.50. The van der Waals surface area contributed by atoms with Gasteiger partial charge in [-0.15, -0.1) is 5.10 Å². The highest BCUT2D eigenvalue weighted by Gasteiger charge is 2.23. The van der Waals surface area contributed by atoms with Crippen LogP contribution in [0.15, 0.2) is 76.8 Å². The minimum Gasteiger partial charge on any atom is -0.369 e. The molecule has 0 spiro atoms. The molecule has 0 atom stereocenters. The molecule has 8 nitrogen and oxygen atoms in total. The third-order valence-electron chi connectivity index (χ3n) is 6.32. The van der Waals surface area contributed by atoms with Gasteiger partial charge in [0.25, 0.3) is 5.56 Å². The molecular weight excluding hydrogens is 540 g/mol. The average molecular weight is 564 g/mol. The second-order valence-electron chi connectivity index (χ2n) is 9.10. The maximum Gasteiger partial charge on any atom is 0.350 e. The van der Waals surface area contributed by atoms with E-state index < -0.39 is 22.9 Å². The zero-order valence-corrected chi connectivity index (χ0v) is 22.5. The molecule has 5 rings (SSSR count). The summed E-state index contributed by atoms with van der Waals surface area (Å²) in [6, 6.07) is 15.6. The number of allylic oxidation sites excluding steroid dienone is 1. The van der Waals surface area contributed by atoms with Gasteiger partial charge in [0.15, 0.2) is 11.6 Å². The zero-order chi connectivity index (χ0) is 28.6. The van der Waals surface area contributed by atoms with E-state index in [0.717, 1.165) is 33.1 Å². The van der Waals surface area contributed by atoms with Crippen molar-refractivity contribution >= 4 is 27.9 Å². The Kier molecular flexibility index (Phi) is 7.46. The van der Waals surface area contributed by atoms with Crippen LogP contribution in [0.3, 0.4) is 0 Å². The summed E-state index contributed by atoms with van der Waals surface area (Å²) in [5, 5.41) is 8.72. The number of rotatable bonds is 8. The van der Waals surface area contributed by atoms with E-state index in [1.165, 1.54) is 16.7 Å². The Morgan fingerprint density at radius 3 is 2.42 bits per heavy atom. The van der Waals surface area contributed by atoms with Gasteiger partial charge in [-0.05, 0) is 43.2 Å². The number of benzene rings is 3.